The lowest BCUT2D eigenvalue weighted by Gasteiger charge is -2.28. The van der Waals surface area contributed by atoms with Crippen molar-refractivity contribution >= 4 is 21.5 Å². The summed E-state index contributed by atoms with van der Waals surface area (Å²) in [7, 11) is -2.94. The summed E-state index contributed by atoms with van der Waals surface area (Å²) in [5.41, 5.74) is 1.04. The molecule has 6 nitrogen and oxygen atoms in total. The van der Waals surface area contributed by atoms with E-state index in [1.807, 2.05) is 17.9 Å². The van der Waals surface area contributed by atoms with E-state index >= 15 is 0 Å². The highest BCUT2D eigenvalue weighted by Crippen LogP contribution is 2.23. The van der Waals surface area contributed by atoms with Gasteiger partial charge in [-0.2, -0.15) is 0 Å². The fourth-order valence-corrected chi connectivity index (χ4v) is 4.95. The number of aromatic nitrogens is 2. The highest BCUT2D eigenvalue weighted by atomic mass is 32.2. The van der Waals surface area contributed by atoms with E-state index in [4.69, 9.17) is 0 Å². The van der Waals surface area contributed by atoms with Gasteiger partial charge in [-0.15, -0.1) is 0 Å². The largest absolute Gasteiger partial charge is 0.370 e. The molecule has 1 unspecified atom stereocenters. The Bertz CT molecular complexity index is 843. The second-order valence-electron chi connectivity index (χ2n) is 6.41. The Balaban J connectivity index is 1.62. The SMILES string of the molecule is CCN(c1cc(NCCc2ccc(F)cc2)ncn1)C1CCS(=O)(=O)C1. The average molecular weight is 378 g/mol. The van der Waals surface area contributed by atoms with Gasteiger partial charge in [-0.1, -0.05) is 12.1 Å². The Labute approximate surface area is 153 Å². The third-order valence-corrected chi connectivity index (χ3v) is 6.32. The van der Waals surface area contributed by atoms with Crippen molar-refractivity contribution in [1.82, 2.24) is 9.97 Å². The van der Waals surface area contributed by atoms with Gasteiger partial charge in [0.2, 0.25) is 0 Å². The predicted octanol–water partition coefficient (Wildman–Crippen LogP) is 2.28. The van der Waals surface area contributed by atoms with E-state index in [1.165, 1.54) is 18.5 Å². The van der Waals surface area contributed by atoms with Gasteiger partial charge in [0, 0.05) is 25.2 Å². The Morgan fingerprint density at radius 3 is 2.69 bits per heavy atom. The molecule has 0 radical (unpaired) electrons. The molecule has 1 N–H and O–H groups in total. The third-order valence-electron chi connectivity index (χ3n) is 4.57. The van der Waals surface area contributed by atoms with Crippen molar-refractivity contribution in [2.24, 2.45) is 0 Å². The molecule has 0 amide bonds. The van der Waals surface area contributed by atoms with Gasteiger partial charge in [-0.25, -0.2) is 22.8 Å². The second-order valence-corrected chi connectivity index (χ2v) is 8.64. The number of benzene rings is 1. The molecule has 0 aliphatic carbocycles. The van der Waals surface area contributed by atoms with Gasteiger partial charge in [0.25, 0.3) is 0 Å². The Hall–Kier alpha value is -2.22. The maximum absolute atomic E-state index is 12.9. The van der Waals surface area contributed by atoms with E-state index in [1.54, 1.807) is 12.1 Å². The molecule has 0 spiro atoms. The number of rotatable bonds is 7. The number of hydrogen-bond acceptors (Lipinski definition) is 6. The van der Waals surface area contributed by atoms with Crippen LogP contribution in [0, 0.1) is 5.82 Å². The van der Waals surface area contributed by atoms with E-state index in [0.29, 0.717) is 25.3 Å². The molecule has 1 atom stereocenters. The summed E-state index contributed by atoms with van der Waals surface area (Å²) in [6.45, 7) is 3.34. The number of nitrogens with zero attached hydrogens (tertiary/aromatic N) is 3. The highest BCUT2D eigenvalue weighted by Gasteiger charge is 2.32. The topological polar surface area (TPSA) is 75.2 Å². The van der Waals surface area contributed by atoms with Gasteiger partial charge < -0.3 is 10.2 Å². The zero-order chi connectivity index (χ0) is 18.6. The van der Waals surface area contributed by atoms with Gasteiger partial charge in [-0.05, 0) is 37.5 Å². The molecule has 26 heavy (non-hydrogen) atoms. The van der Waals surface area contributed by atoms with Crippen LogP contribution in [0.25, 0.3) is 0 Å². The molecule has 2 aromatic rings. The monoisotopic (exact) mass is 378 g/mol. The summed E-state index contributed by atoms with van der Waals surface area (Å²) in [4.78, 5) is 10.6. The summed E-state index contributed by atoms with van der Waals surface area (Å²) in [6, 6.07) is 8.24. The van der Waals surface area contributed by atoms with Crippen LogP contribution in [0.15, 0.2) is 36.7 Å². The van der Waals surface area contributed by atoms with Crippen molar-refractivity contribution in [2.75, 3.05) is 34.8 Å². The molecule has 1 aromatic heterocycles. The van der Waals surface area contributed by atoms with Crippen LogP contribution in [0.4, 0.5) is 16.0 Å². The maximum atomic E-state index is 12.9. The number of anilines is 2. The lowest BCUT2D eigenvalue weighted by molar-refractivity contribution is 0.599. The lowest BCUT2D eigenvalue weighted by atomic mass is 10.1. The molecular weight excluding hydrogens is 355 g/mol. The molecule has 1 aromatic carbocycles. The van der Waals surface area contributed by atoms with Gasteiger partial charge in [0.15, 0.2) is 9.84 Å². The van der Waals surface area contributed by atoms with E-state index in [9.17, 15) is 12.8 Å². The molecule has 0 bridgehead atoms. The quantitative estimate of drug-likeness (QED) is 0.797. The molecule has 1 aliphatic rings. The lowest BCUT2D eigenvalue weighted by Crippen LogP contribution is -2.36. The standard InChI is InChI=1S/C18H23FN4O2S/c1-2-23(16-8-10-26(24,25)12-16)18-11-17(21-13-22-18)20-9-7-14-3-5-15(19)6-4-14/h3-6,11,13,16H,2,7-10,12H2,1H3,(H,20,21,22). The van der Waals surface area contributed by atoms with Crippen LogP contribution in [0.5, 0.6) is 0 Å². The van der Waals surface area contributed by atoms with Gasteiger partial charge >= 0.3 is 0 Å². The molecule has 1 fully saturated rings. The summed E-state index contributed by atoms with van der Waals surface area (Å²) < 4.78 is 36.5. The smallest absolute Gasteiger partial charge is 0.152 e. The van der Waals surface area contributed by atoms with Crippen molar-refractivity contribution in [2.45, 2.75) is 25.8 Å². The predicted molar refractivity (Wildman–Crippen MR) is 101 cm³/mol. The highest BCUT2D eigenvalue weighted by molar-refractivity contribution is 7.91. The zero-order valence-electron chi connectivity index (χ0n) is 14.7. The van der Waals surface area contributed by atoms with Crippen molar-refractivity contribution in [1.29, 1.82) is 0 Å². The molecule has 2 heterocycles. The number of hydrogen-bond donors (Lipinski definition) is 1. The Morgan fingerprint density at radius 2 is 2.04 bits per heavy atom. The minimum atomic E-state index is -2.94. The molecule has 140 valence electrons. The number of halogens is 1. The van der Waals surface area contributed by atoms with E-state index < -0.39 is 9.84 Å². The fourth-order valence-electron chi connectivity index (χ4n) is 3.22. The van der Waals surface area contributed by atoms with Crippen LogP contribution in [0.1, 0.15) is 18.9 Å². The average Bonchev–Trinajstić information content (AvgIpc) is 2.97. The molecule has 8 heteroatoms. The minimum absolute atomic E-state index is 0.0352. The van der Waals surface area contributed by atoms with E-state index in [2.05, 4.69) is 15.3 Å². The normalized spacial score (nSPS) is 18.6. The van der Waals surface area contributed by atoms with Crippen molar-refractivity contribution in [3.05, 3.63) is 48.0 Å². The molecule has 0 saturated carbocycles. The maximum Gasteiger partial charge on any atom is 0.152 e. The van der Waals surface area contributed by atoms with Crippen molar-refractivity contribution in [3.63, 3.8) is 0 Å². The summed E-state index contributed by atoms with van der Waals surface area (Å²) in [5, 5.41) is 3.24. The molecule has 3 rings (SSSR count). The molecule has 1 saturated heterocycles. The first-order valence-corrected chi connectivity index (χ1v) is 10.6. The van der Waals surface area contributed by atoms with E-state index in [-0.39, 0.29) is 23.4 Å². The van der Waals surface area contributed by atoms with Crippen LogP contribution in [0.3, 0.4) is 0 Å². The zero-order valence-corrected chi connectivity index (χ0v) is 15.5. The first kappa shape index (κ1) is 18.6. The van der Waals surface area contributed by atoms with Crippen LogP contribution in [0.2, 0.25) is 0 Å². The van der Waals surface area contributed by atoms with Crippen LogP contribution < -0.4 is 10.2 Å². The summed E-state index contributed by atoms with van der Waals surface area (Å²) in [5.74, 6) is 1.60. The van der Waals surface area contributed by atoms with Crippen LogP contribution >= 0.6 is 0 Å². The molecular formula is C18H23FN4O2S. The van der Waals surface area contributed by atoms with Gasteiger partial charge in [-0.3, -0.25) is 0 Å². The Morgan fingerprint density at radius 1 is 1.27 bits per heavy atom. The fraction of sp³-hybridized carbons (Fsp3) is 0.444. The third kappa shape index (κ3) is 4.69. The summed E-state index contributed by atoms with van der Waals surface area (Å²) in [6.07, 6.45) is 2.87. The van der Waals surface area contributed by atoms with Crippen LogP contribution in [-0.4, -0.2) is 49.0 Å². The van der Waals surface area contributed by atoms with Crippen molar-refractivity contribution in [3.8, 4) is 0 Å². The van der Waals surface area contributed by atoms with E-state index in [0.717, 1.165) is 17.8 Å². The first-order valence-electron chi connectivity index (χ1n) is 8.74. The minimum Gasteiger partial charge on any atom is -0.370 e. The van der Waals surface area contributed by atoms with Gasteiger partial charge in [0.1, 0.15) is 23.8 Å². The first-order chi connectivity index (χ1) is 12.5. The number of nitrogens with one attached hydrogen (secondary N) is 1. The summed E-state index contributed by atoms with van der Waals surface area (Å²) >= 11 is 0. The van der Waals surface area contributed by atoms with Gasteiger partial charge in [0.05, 0.1) is 11.5 Å². The van der Waals surface area contributed by atoms with Crippen LogP contribution in [-0.2, 0) is 16.3 Å². The van der Waals surface area contributed by atoms with Crippen molar-refractivity contribution < 1.29 is 12.8 Å². The second kappa shape index (κ2) is 7.99. The Kier molecular flexibility index (Phi) is 5.70. The molecule has 1 aliphatic heterocycles. The number of sulfone groups is 1.